The monoisotopic (exact) mass is 303 g/mol. The number of fused-ring (bicyclic) bond motifs is 1. The smallest absolute Gasteiger partial charge is 0.372 e. The minimum atomic E-state index is -4.28. The standard InChI is InChI=1S/C14H20F3N3O/c1-2-3-11-10-4-6-18-8-12(10)20-13(19-11)5-7-21-9-14(15,16)17/h18H,2-9H2,1H3. The molecular weight excluding hydrogens is 283 g/mol. The Balaban J connectivity index is 2.01. The summed E-state index contributed by atoms with van der Waals surface area (Å²) in [6, 6.07) is 0. The first kappa shape index (κ1) is 16.2. The fraction of sp³-hybridized carbons (Fsp3) is 0.714. The van der Waals surface area contributed by atoms with Crippen molar-refractivity contribution in [1.29, 1.82) is 0 Å². The molecule has 1 aromatic rings. The van der Waals surface area contributed by atoms with Crippen molar-refractivity contribution in [3.8, 4) is 0 Å². The molecule has 0 fully saturated rings. The van der Waals surface area contributed by atoms with E-state index in [1.54, 1.807) is 0 Å². The van der Waals surface area contributed by atoms with Crippen molar-refractivity contribution in [2.75, 3.05) is 19.8 Å². The first-order chi connectivity index (χ1) is 9.99. The van der Waals surface area contributed by atoms with Crippen LogP contribution in [0.3, 0.4) is 0 Å². The van der Waals surface area contributed by atoms with Crippen LogP contribution in [0.2, 0.25) is 0 Å². The van der Waals surface area contributed by atoms with E-state index in [4.69, 9.17) is 0 Å². The fourth-order valence-corrected chi connectivity index (χ4v) is 2.40. The zero-order valence-corrected chi connectivity index (χ0v) is 12.1. The van der Waals surface area contributed by atoms with Gasteiger partial charge in [0.25, 0.3) is 0 Å². The van der Waals surface area contributed by atoms with E-state index in [0.29, 0.717) is 18.8 Å². The highest BCUT2D eigenvalue weighted by molar-refractivity contribution is 5.28. The molecule has 0 radical (unpaired) electrons. The van der Waals surface area contributed by atoms with Gasteiger partial charge in [-0.25, -0.2) is 9.97 Å². The zero-order valence-electron chi connectivity index (χ0n) is 12.1. The number of hydrogen-bond donors (Lipinski definition) is 1. The number of aromatic nitrogens is 2. The molecule has 7 heteroatoms. The summed E-state index contributed by atoms with van der Waals surface area (Å²) in [5.74, 6) is 0.572. The van der Waals surface area contributed by atoms with Gasteiger partial charge in [0.2, 0.25) is 0 Å². The Morgan fingerprint density at radius 2 is 2.05 bits per heavy atom. The quantitative estimate of drug-likeness (QED) is 0.819. The van der Waals surface area contributed by atoms with Crippen molar-refractivity contribution < 1.29 is 17.9 Å². The lowest BCUT2D eigenvalue weighted by molar-refractivity contribution is -0.173. The number of alkyl halides is 3. The lowest BCUT2D eigenvalue weighted by Gasteiger charge is -2.20. The average molecular weight is 303 g/mol. The molecule has 118 valence electrons. The second kappa shape index (κ2) is 7.17. The zero-order chi connectivity index (χ0) is 15.3. The maximum Gasteiger partial charge on any atom is 0.411 e. The molecule has 0 spiro atoms. The Labute approximate surface area is 122 Å². The molecule has 2 rings (SSSR count). The van der Waals surface area contributed by atoms with E-state index in [1.807, 2.05) is 0 Å². The number of nitrogens with one attached hydrogen (secondary N) is 1. The SMILES string of the molecule is CCCc1nc(CCOCC(F)(F)F)nc2c1CCNC2. The maximum absolute atomic E-state index is 12.0. The van der Waals surface area contributed by atoms with Gasteiger partial charge in [0.1, 0.15) is 12.4 Å². The van der Waals surface area contributed by atoms with Gasteiger partial charge in [0.05, 0.1) is 12.3 Å². The van der Waals surface area contributed by atoms with Gasteiger partial charge in [-0.15, -0.1) is 0 Å². The fourth-order valence-electron chi connectivity index (χ4n) is 2.40. The van der Waals surface area contributed by atoms with Gasteiger partial charge in [-0.2, -0.15) is 13.2 Å². The molecule has 0 unspecified atom stereocenters. The molecule has 0 saturated carbocycles. The number of ether oxygens (including phenoxy) is 1. The van der Waals surface area contributed by atoms with Crippen molar-refractivity contribution in [1.82, 2.24) is 15.3 Å². The number of nitrogens with zero attached hydrogens (tertiary/aromatic N) is 2. The first-order valence-electron chi connectivity index (χ1n) is 7.22. The first-order valence-corrected chi connectivity index (χ1v) is 7.22. The normalized spacial score (nSPS) is 15.0. The van der Waals surface area contributed by atoms with Crippen LogP contribution >= 0.6 is 0 Å². The van der Waals surface area contributed by atoms with Crippen molar-refractivity contribution in [2.45, 2.75) is 45.3 Å². The van der Waals surface area contributed by atoms with Crippen molar-refractivity contribution in [3.05, 3.63) is 22.8 Å². The third kappa shape index (κ3) is 4.93. The summed E-state index contributed by atoms with van der Waals surface area (Å²) in [6.07, 6.45) is -1.20. The maximum atomic E-state index is 12.0. The largest absolute Gasteiger partial charge is 0.411 e. The van der Waals surface area contributed by atoms with Crippen LogP contribution in [-0.4, -0.2) is 35.9 Å². The van der Waals surface area contributed by atoms with Gasteiger partial charge in [-0.05, 0) is 24.9 Å². The Morgan fingerprint density at radius 1 is 1.24 bits per heavy atom. The van der Waals surface area contributed by atoms with Crippen LogP contribution in [0.4, 0.5) is 13.2 Å². The molecule has 0 bridgehead atoms. The summed E-state index contributed by atoms with van der Waals surface area (Å²) in [5.41, 5.74) is 3.22. The Kier molecular flexibility index (Phi) is 5.52. The number of rotatable bonds is 6. The van der Waals surface area contributed by atoms with Crippen LogP contribution in [0.1, 0.15) is 36.1 Å². The van der Waals surface area contributed by atoms with Crippen LogP contribution in [-0.2, 0) is 30.5 Å². The minimum Gasteiger partial charge on any atom is -0.372 e. The van der Waals surface area contributed by atoms with Crippen molar-refractivity contribution in [3.63, 3.8) is 0 Å². The average Bonchev–Trinajstić information content (AvgIpc) is 2.43. The molecule has 1 aliphatic rings. The van der Waals surface area contributed by atoms with Gasteiger partial charge in [0.15, 0.2) is 0 Å². The number of halogens is 3. The van der Waals surface area contributed by atoms with Gasteiger partial charge in [-0.3, -0.25) is 0 Å². The van der Waals surface area contributed by atoms with Gasteiger partial charge < -0.3 is 10.1 Å². The highest BCUT2D eigenvalue weighted by atomic mass is 19.4. The molecule has 1 N–H and O–H groups in total. The molecule has 0 aliphatic carbocycles. The van der Waals surface area contributed by atoms with E-state index in [2.05, 4.69) is 26.9 Å². The Bertz CT molecular complexity index is 477. The topological polar surface area (TPSA) is 47.0 Å². The van der Waals surface area contributed by atoms with E-state index in [9.17, 15) is 13.2 Å². The molecule has 4 nitrogen and oxygen atoms in total. The lowest BCUT2D eigenvalue weighted by Crippen LogP contribution is -2.27. The van der Waals surface area contributed by atoms with Gasteiger partial charge in [-0.1, -0.05) is 13.3 Å². The van der Waals surface area contributed by atoms with E-state index in [1.165, 1.54) is 5.56 Å². The van der Waals surface area contributed by atoms with Gasteiger partial charge in [0, 0.05) is 18.7 Å². The van der Waals surface area contributed by atoms with E-state index >= 15 is 0 Å². The summed E-state index contributed by atoms with van der Waals surface area (Å²) in [4.78, 5) is 8.96. The number of aryl methyl sites for hydroxylation is 1. The van der Waals surface area contributed by atoms with Crippen molar-refractivity contribution in [2.24, 2.45) is 0 Å². The minimum absolute atomic E-state index is 0.0166. The molecular formula is C14H20F3N3O. The third-order valence-corrected chi connectivity index (χ3v) is 3.29. The summed E-state index contributed by atoms with van der Waals surface area (Å²) >= 11 is 0. The van der Waals surface area contributed by atoms with Crippen molar-refractivity contribution >= 4 is 0 Å². The lowest BCUT2D eigenvalue weighted by atomic mass is 10.0. The highest BCUT2D eigenvalue weighted by Gasteiger charge is 2.27. The Hall–Kier alpha value is -1.21. The molecule has 0 aromatic carbocycles. The molecule has 1 aromatic heterocycles. The van der Waals surface area contributed by atoms with Crippen LogP contribution < -0.4 is 5.32 Å². The summed E-state index contributed by atoms with van der Waals surface area (Å²) < 4.78 is 40.6. The predicted molar refractivity (Wildman–Crippen MR) is 72.0 cm³/mol. The van der Waals surface area contributed by atoms with Crippen LogP contribution in [0.25, 0.3) is 0 Å². The second-order valence-corrected chi connectivity index (χ2v) is 5.11. The predicted octanol–water partition coefficient (Wildman–Crippen LogP) is 2.20. The third-order valence-electron chi connectivity index (χ3n) is 3.29. The highest BCUT2D eigenvalue weighted by Crippen LogP contribution is 2.18. The van der Waals surface area contributed by atoms with Crippen LogP contribution in [0, 0.1) is 0 Å². The van der Waals surface area contributed by atoms with Crippen LogP contribution in [0.15, 0.2) is 0 Å². The summed E-state index contributed by atoms with van der Waals surface area (Å²) in [5, 5.41) is 3.25. The molecule has 2 heterocycles. The van der Waals surface area contributed by atoms with E-state index in [0.717, 1.165) is 37.2 Å². The molecule has 1 aliphatic heterocycles. The Morgan fingerprint density at radius 3 is 2.76 bits per heavy atom. The molecule has 0 saturated heterocycles. The summed E-state index contributed by atoms with van der Waals surface area (Å²) in [6.45, 7) is 2.46. The molecule has 0 amide bonds. The van der Waals surface area contributed by atoms with E-state index in [-0.39, 0.29) is 6.61 Å². The molecule has 21 heavy (non-hydrogen) atoms. The number of hydrogen-bond acceptors (Lipinski definition) is 4. The van der Waals surface area contributed by atoms with Crippen LogP contribution in [0.5, 0.6) is 0 Å². The van der Waals surface area contributed by atoms with E-state index < -0.39 is 12.8 Å². The summed E-state index contributed by atoms with van der Waals surface area (Å²) in [7, 11) is 0. The van der Waals surface area contributed by atoms with Gasteiger partial charge >= 0.3 is 6.18 Å². The molecule has 0 atom stereocenters. The second-order valence-electron chi connectivity index (χ2n) is 5.11.